The van der Waals surface area contributed by atoms with E-state index in [9.17, 15) is 45.3 Å². The van der Waals surface area contributed by atoms with E-state index in [1.54, 1.807) is 18.2 Å². The third-order valence-corrected chi connectivity index (χ3v) is 6.47. The molecule has 11 nitrogen and oxygen atoms in total. The van der Waals surface area contributed by atoms with E-state index in [1.807, 2.05) is 0 Å². The van der Waals surface area contributed by atoms with Crippen LogP contribution in [0.15, 0.2) is 59.5 Å². The van der Waals surface area contributed by atoms with Crippen LogP contribution in [0.25, 0.3) is 10.9 Å². The molecule has 2 heterocycles. The summed E-state index contributed by atoms with van der Waals surface area (Å²) in [6.45, 7) is -0.587. The van der Waals surface area contributed by atoms with Crippen molar-refractivity contribution in [1.82, 2.24) is 19.9 Å². The van der Waals surface area contributed by atoms with Crippen LogP contribution in [0.1, 0.15) is 27.5 Å². The van der Waals surface area contributed by atoms with Crippen molar-refractivity contribution in [3.05, 3.63) is 81.6 Å². The van der Waals surface area contributed by atoms with Crippen LogP contribution in [0.5, 0.6) is 0 Å². The van der Waals surface area contributed by atoms with E-state index in [1.165, 1.54) is 12.1 Å². The van der Waals surface area contributed by atoms with Gasteiger partial charge in [0.1, 0.15) is 17.6 Å². The number of carbonyl (C=O) groups is 3. The number of aromatic amines is 1. The summed E-state index contributed by atoms with van der Waals surface area (Å²) in [5.41, 5.74) is -2.31. The molecule has 1 aliphatic heterocycles. The van der Waals surface area contributed by atoms with Crippen LogP contribution in [0.4, 0.5) is 13.2 Å². The van der Waals surface area contributed by atoms with Crippen molar-refractivity contribution in [2.24, 2.45) is 0 Å². The van der Waals surface area contributed by atoms with Crippen LogP contribution in [0.2, 0.25) is 0 Å². The van der Waals surface area contributed by atoms with Gasteiger partial charge in [0.2, 0.25) is 11.3 Å². The van der Waals surface area contributed by atoms with Crippen molar-refractivity contribution in [1.29, 1.82) is 0 Å². The van der Waals surface area contributed by atoms with Gasteiger partial charge in [-0.05, 0) is 23.8 Å². The first kappa shape index (κ1) is 29.3. The quantitative estimate of drug-likeness (QED) is 0.175. The third kappa shape index (κ3) is 5.91. The summed E-state index contributed by atoms with van der Waals surface area (Å²) in [5, 5.41) is 4.40. The molecule has 194 valence electrons. The predicted molar refractivity (Wildman–Crippen MR) is 120 cm³/mol. The second-order valence-electron chi connectivity index (χ2n) is 7.99. The van der Waals surface area contributed by atoms with E-state index in [4.69, 9.17) is 0 Å². The number of H-pyrrole nitrogens is 1. The smallest absolute Gasteiger partial charge is 0.731 e. The fourth-order valence-electron chi connectivity index (χ4n) is 3.68. The van der Waals surface area contributed by atoms with Gasteiger partial charge in [-0.1, -0.05) is 30.3 Å². The Bertz CT molecular complexity index is 1580. The van der Waals surface area contributed by atoms with Crippen molar-refractivity contribution in [2.45, 2.75) is 18.3 Å². The Balaban J connectivity index is 0.00000400. The fraction of sp³-hybridized carbons (Fsp3) is 0.182. The first-order valence-corrected chi connectivity index (χ1v) is 11.8. The van der Waals surface area contributed by atoms with E-state index in [0.717, 1.165) is 18.3 Å². The van der Waals surface area contributed by atoms with Gasteiger partial charge in [0.05, 0.1) is 12.1 Å². The molecule has 0 bridgehead atoms. The molecule has 1 unspecified atom stereocenters. The monoisotopic (exact) mass is 560 g/mol. The van der Waals surface area contributed by atoms with Gasteiger partial charge >= 0.3 is 35.7 Å². The molecule has 0 spiro atoms. The molecule has 16 heteroatoms. The number of aromatic nitrogens is 1. The number of pyridine rings is 1. The van der Waals surface area contributed by atoms with E-state index >= 15 is 0 Å². The van der Waals surface area contributed by atoms with Crippen molar-refractivity contribution in [3.63, 3.8) is 0 Å². The molecule has 2 aromatic carbocycles. The normalized spacial score (nSPS) is 16.3. The molecular weight excluding hydrogens is 544 g/mol. The van der Waals surface area contributed by atoms with Crippen LogP contribution >= 0.6 is 0 Å². The molecule has 3 amide bonds. The maximum absolute atomic E-state index is 13.0. The molecule has 1 fully saturated rings. The zero-order valence-corrected chi connectivity index (χ0v) is 22.2. The maximum atomic E-state index is 13.0. The Morgan fingerprint density at radius 3 is 2.34 bits per heavy atom. The summed E-state index contributed by atoms with van der Waals surface area (Å²) in [6.07, 6.45) is -3.74. The van der Waals surface area contributed by atoms with E-state index in [-0.39, 0.29) is 50.3 Å². The van der Waals surface area contributed by atoms with Crippen LogP contribution in [-0.2, 0) is 26.1 Å². The molecule has 38 heavy (non-hydrogen) atoms. The summed E-state index contributed by atoms with van der Waals surface area (Å²) in [7, 11) is -5.03. The number of alkyl halides is 3. The number of nitrogens with one attached hydrogen (secondary N) is 3. The first-order valence-electron chi connectivity index (χ1n) is 10.4. The number of carbonyl (C=O) groups excluding carboxylic acids is 3. The minimum atomic E-state index is -5.03. The third-order valence-electron chi connectivity index (χ3n) is 5.60. The number of nitrogens with zero attached hydrogens (tertiary/aromatic N) is 1. The zero-order valence-electron chi connectivity index (χ0n) is 19.4. The predicted octanol–water partition coefficient (Wildman–Crippen LogP) is -2.19. The van der Waals surface area contributed by atoms with Crippen LogP contribution in [0, 0.1) is 0 Å². The molecule has 0 radical (unpaired) electrons. The standard InChI is InChI=1S/C22H17F3N4O7S.Na/c23-22(24,25)12-6-7-13-15(8-12)26-9-14(18(13)30)19(31)28-17(11-4-2-1-3-5-11)20(32)27-16-10-29(21(16)33)37(34,35)36;/h1-9,16-17H,10H2,(H,26,30)(H,27,32)(H,28,31)(H,34,35,36);/q;+1/p-1/t16?,17-;/m1./s1. The minimum Gasteiger partial charge on any atom is -0.731 e. The Morgan fingerprint density at radius 1 is 1.11 bits per heavy atom. The molecule has 1 aliphatic rings. The molecule has 2 atom stereocenters. The van der Waals surface area contributed by atoms with Crippen molar-refractivity contribution < 1.29 is 70.1 Å². The summed E-state index contributed by atoms with van der Waals surface area (Å²) in [5.74, 6) is -3.13. The minimum absolute atomic E-state index is 0. The fourth-order valence-corrected chi connectivity index (χ4v) is 4.36. The van der Waals surface area contributed by atoms with Crippen molar-refractivity contribution in [3.8, 4) is 0 Å². The Hall–Kier alpha value is -3.24. The van der Waals surface area contributed by atoms with E-state index in [2.05, 4.69) is 15.6 Å². The molecule has 0 saturated carbocycles. The number of hydrogen-bond donors (Lipinski definition) is 3. The summed E-state index contributed by atoms with van der Waals surface area (Å²) in [4.78, 5) is 53.1. The summed E-state index contributed by atoms with van der Waals surface area (Å²) < 4.78 is 71.9. The molecule has 4 rings (SSSR count). The summed E-state index contributed by atoms with van der Waals surface area (Å²) >= 11 is 0. The Kier molecular flexibility index (Phi) is 8.38. The van der Waals surface area contributed by atoms with Gasteiger partial charge in [-0.15, -0.1) is 0 Å². The average Bonchev–Trinajstić information content (AvgIpc) is 2.83. The van der Waals surface area contributed by atoms with Gasteiger partial charge in [-0.3, -0.25) is 19.2 Å². The molecular formula is C22H16F3N4NaO7S. The molecule has 0 aliphatic carbocycles. The Labute approximate surface area is 234 Å². The number of amides is 3. The van der Waals surface area contributed by atoms with Crippen molar-refractivity contribution in [2.75, 3.05) is 6.54 Å². The number of hydrogen-bond acceptors (Lipinski definition) is 7. The van der Waals surface area contributed by atoms with Crippen LogP contribution in [0.3, 0.4) is 0 Å². The Morgan fingerprint density at radius 2 is 1.76 bits per heavy atom. The van der Waals surface area contributed by atoms with Gasteiger partial charge in [-0.25, -0.2) is 12.7 Å². The van der Waals surface area contributed by atoms with Crippen molar-refractivity contribution >= 4 is 38.9 Å². The zero-order chi connectivity index (χ0) is 27.1. The summed E-state index contributed by atoms with van der Waals surface area (Å²) in [6, 6.07) is 7.19. The van der Waals surface area contributed by atoms with Gasteiger partial charge in [0.25, 0.3) is 11.8 Å². The molecule has 1 saturated heterocycles. The SMILES string of the molecule is O=C(N[C@@H](C(=O)NC1CN(S(=O)(=O)[O-])C1=O)c1ccccc1)c1c[nH]c2cc(C(F)(F)F)ccc2c1=O.[Na+]. The number of benzene rings is 2. The van der Waals surface area contributed by atoms with Crippen LogP contribution < -0.4 is 45.6 Å². The number of fused-ring (bicyclic) bond motifs is 1. The number of rotatable bonds is 6. The van der Waals surface area contributed by atoms with E-state index < -0.39 is 69.4 Å². The average molecular weight is 560 g/mol. The largest absolute Gasteiger partial charge is 1.00 e. The topological polar surface area (TPSA) is 169 Å². The number of β-lactam (4-membered cyclic amide) rings is 1. The second kappa shape index (κ2) is 10.9. The molecule has 3 N–H and O–H groups in total. The van der Waals surface area contributed by atoms with E-state index in [0.29, 0.717) is 6.07 Å². The number of halogens is 3. The second-order valence-corrected chi connectivity index (χ2v) is 9.29. The molecule has 1 aromatic heterocycles. The van der Waals surface area contributed by atoms with Gasteiger partial charge in [0, 0.05) is 17.1 Å². The van der Waals surface area contributed by atoms with Gasteiger partial charge in [0.15, 0.2) is 10.3 Å². The van der Waals surface area contributed by atoms with Crippen LogP contribution in [-0.4, -0.2) is 52.6 Å². The molecule has 3 aromatic rings. The maximum Gasteiger partial charge on any atom is 1.00 e. The van der Waals surface area contributed by atoms with Gasteiger partial charge < -0.3 is 20.2 Å². The van der Waals surface area contributed by atoms with Gasteiger partial charge in [-0.2, -0.15) is 13.2 Å². The first-order chi connectivity index (χ1) is 17.3.